The van der Waals surface area contributed by atoms with Crippen LogP contribution < -0.4 is 0 Å². The summed E-state index contributed by atoms with van der Waals surface area (Å²) in [5.74, 6) is 1.11. The molecule has 0 aromatic carbocycles. The second-order valence-electron chi connectivity index (χ2n) is 5.88. The third kappa shape index (κ3) is 1.41. The number of rotatable bonds is 1. The molecular weight excluding hydrogens is 160 g/mol. The Morgan fingerprint density at radius 3 is 2.31 bits per heavy atom. The molecule has 2 rings (SSSR count). The predicted molar refractivity (Wildman–Crippen MR) is 54.5 cm³/mol. The first kappa shape index (κ1) is 9.51. The van der Waals surface area contributed by atoms with Crippen LogP contribution in [0.4, 0.5) is 0 Å². The summed E-state index contributed by atoms with van der Waals surface area (Å²) >= 11 is 0. The van der Waals surface area contributed by atoms with Crippen molar-refractivity contribution in [1.29, 1.82) is 0 Å². The van der Waals surface area contributed by atoms with E-state index in [0.717, 1.165) is 6.42 Å². The molecule has 0 amide bonds. The van der Waals surface area contributed by atoms with Crippen LogP contribution in [0.3, 0.4) is 0 Å². The molecule has 0 saturated heterocycles. The summed E-state index contributed by atoms with van der Waals surface area (Å²) in [7, 11) is 0. The minimum absolute atomic E-state index is 0.288. The Morgan fingerprint density at radius 2 is 1.85 bits per heavy atom. The van der Waals surface area contributed by atoms with Gasteiger partial charge in [-0.1, -0.05) is 33.6 Å². The lowest BCUT2D eigenvalue weighted by molar-refractivity contribution is -0.0228. The molecule has 0 aromatic heterocycles. The van der Waals surface area contributed by atoms with E-state index in [1.54, 1.807) is 0 Å². The molecule has 3 unspecified atom stereocenters. The first-order valence-electron chi connectivity index (χ1n) is 5.69. The zero-order valence-corrected chi connectivity index (χ0v) is 9.14. The molecule has 1 nitrogen and oxygen atoms in total. The van der Waals surface area contributed by atoms with Gasteiger partial charge in [-0.25, -0.2) is 0 Å². The Bertz CT molecular complexity index is 204. The number of hydrogen-bond acceptors (Lipinski definition) is 1. The zero-order chi connectivity index (χ0) is 9.69. The lowest BCUT2D eigenvalue weighted by Gasteiger charge is -2.42. The Balaban J connectivity index is 2.13. The molecule has 2 aliphatic carbocycles. The molecule has 76 valence electrons. The van der Waals surface area contributed by atoms with Crippen LogP contribution >= 0.6 is 0 Å². The van der Waals surface area contributed by atoms with E-state index >= 15 is 0 Å². The minimum Gasteiger partial charge on any atom is -0.389 e. The summed E-state index contributed by atoms with van der Waals surface area (Å²) in [5.41, 5.74) is 0.0850. The van der Waals surface area contributed by atoms with E-state index < -0.39 is 0 Å². The normalized spacial score (nSPS) is 48.9. The molecule has 0 aliphatic heterocycles. The van der Waals surface area contributed by atoms with E-state index in [1.165, 1.54) is 25.7 Å². The van der Waals surface area contributed by atoms with Gasteiger partial charge in [-0.05, 0) is 36.5 Å². The molecule has 1 N–H and O–H groups in total. The summed E-state index contributed by atoms with van der Waals surface area (Å²) < 4.78 is 0. The van der Waals surface area contributed by atoms with Gasteiger partial charge >= 0.3 is 0 Å². The van der Waals surface area contributed by atoms with Crippen molar-refractivity contribution in [3.8, 4) is 0 Å². The molecule has 2 fully saturated rings. The van der Waals surface area contributed by atoms with Crippen LogP contribution in [0.25, 0.3) is 0 Å². The Kier molecular flexibility index (Phi) is 1.99. The predicted octanol–water partition coefficient (Wildman–Crippen LogP) is 2.97. The summed E-state index contributed by atoms with van der Waals surface area (Å²) in [6.07, 6.45) is 6.26. The topological polar surface area (TPSA) is 20.2 Å². The third-order valence-electron chi connectivity index (χ3n) is 4.44. The van der Waals surface area contributed by atoms with Gasteiger partial charge in [0.25, 0.3) is 0 Å². The zero-order valence-electron chi connectivity index (χ0n) is 9.14. The molecule has 0 aromatic rings. The molecule has 13 heavy (non-hydrogen) atoms. The molecule has 0 spiro atoms. The highest BCUT2D eigenvalue weighted by atomic mass is 16.3. The quantitative estimate of drug-likeness (QED) is 0.661. The van der Waals surface area contributed by atoms with Gasteiger partial charge in [0.15, 0.2) is 0 Å². The van der Waals surface area contributed by atoms with Crippen molar-refractivity contribution in [2.24, 2.45) is 17.3 Å². The third-order valence-corrected chi connectivity index (χ3v) is 4.44. The highest BCUT2D eigenvalue weighted by molar-refractivity contribution is 5.09. The van der Waals surface area contributed by atoms with Gasteiger partial charge in [-0.3, -0.25) is 0 Å². The van der Waals surface area contributed by atoms with Crippen LogP contribution in [0.15, 0.2) is 0 Å². The summed E-state index contributed by atoms with van der Waals surface area (Å²) in [6.45, 7) is 6.85. The molecule has 2 saturated carbocycles. The number of hydrogen-bond donors (Lipinski definition) is 1. The van der Waals surface area contributed by atoms with E-state index in [4.69, 9.17) is 0 Å². The van der Waals surface area contributed by atoms with E-state index in [0.29, 0.717) is 17.3 Å². The van der Waals surface area contributed by atoms with Crippen LogP contribution in [-0.2, 0) is 0 Å². The van der Waals surface area contributed by atoms with Crippen molar-refractivity contribution in [3.63, 3.8) is 0 Å². The number of aliphatic hydroxyl groups is 1. The van der Waals surface area contributed by atoms with Crippen molar-refractivity contribution < 1.29 is 5.11 Å². The fourth-order valence-corrected chi connectivity index (χ4v) is 3.34. The molecule has 1 heteroatoms. The van der Waals surface area contributed by atoms with E-state index in [2.05, 4.69) is 20.8 Å². The van der Waals surface area contributed by atoms with Gasteiger partial charge in [-0.15, -0.1) is 0 Å². The SMILES string of the molecule is CC1CC1(O)C1CCCCC1(C)C. The van der Waals surface area contributed by atoms with Crippen LogP contribution in [0, 0.1) is 17.3 Å². The maximum Gasteiger partial charge on any atom is 0.0710 e. The van der Waals surface area contributed by atoms with Crippen molar-refractivity contribution in [1.82, 2.24) is 0 Å². The van der Waals surface area contributed by atoms with Crippen molar-refractivity contribution >= 4 is 0 Å². The monoisotopic (exact) mass is 182 g/mol. The Hall–Kier alpha value is -0.0400. The lowest BCUT2D eigenvalue weighted by atomic mass is 9.65. The van der Waals surface area contributed by atoms with E-state index in [-0.39, 0.29) is 5.60 Å². The van der Waals surface area contributed by atoms with Gasteiger partial charge in [0, 0.05) is 0 Å². The van der Waals surface area contributed by atoms with Crippen molar-refractivity contribution in [2.75, 3.05) is 0 Å². The Morgan fingerprint density at radius 1 is 1.23 bits per heavy atom. The fraction of sp³-hybridized carbons (Fsp3) is 1.00. The van der Waals surface area contributed by atoms with E-state index in [9.17, 15) is 5.11 Å². The molecular formula is C12H22O. The summed E-state index contributed by atoms with van der Waals surface area (Å²) in [4.78, 5) is 0. The van der Waals surface area contributed by atoms with Crippen LogP contribution in [0.5, 0.6) is 0 Å². The lowest BCUT2D eigenvalue weighted by Crippen LogP contribution is -2.39. The standard InChI is InChI=1S/C12H22O/c1-9-8-12(9,13)10-6-4-5-7-11(10,2)3/h9-10,13H,4-8H2,1-3H3. The van der Waals surface area contributed by atoms with E-state index in [1.807, 2.05) is 0 Å². The minimum atomic E-state index is -0.288. The highest BCUT2D eigenvalue weighted by Crippen LogP contribution is 2.58. The maximum atomic E-state index is 10.4. The second-order valence-corrected chi connectivity index (χ2v) is 5.88. The smallest absolute Gasteiger partial charge is 0.0710 e. The first-order valence-corrected chi connectivity index (χ1v) is 5.69. The second kappa shape index (κ2) is 2.73. The summed E-state index contributed by atoms with van der Waals surface area (Å²) in [5, 5.41) is 10.4. The average Bonchev–Trinajstić information content (AvgIpc) is 2.59. The fourth-order valence-electron chi connectivity index (χ4n) is 3.34. The summed E-state index contributed by atoms with van der Waals surface area (Å²) in [6, 6.07) is 0. The van der Waals surface area contributed by atoms with Crippen LogP contribution in [0.2, 0.25) is 0 Å². The van der Waals surface area contributed by atoms with Gasteiger partial charge in [0.05, 0.1) is 5.60 Å². The van der Waals surface area contributed by atoms with Gasteiger partial charge < -0.3 is 5.11 Å². The molecule has 2 aliphatic rings. The van der Waals surface area contributed by atoms with Crippen LogP contribution in [-0.4, -0.2) is 10.7 Å². The maximum absolute atomic E-state index is 10.4. The first-order chi connectivity index (χ1) is 5.97. The van der Waals surface area contributed by atoms with Gasteiger partial charge in [0.2, 0.25) is 0 Å². The Labute approximate surface area is 81.5 Å². The molecule has 0 heterocycles. The molecule has 0 bridgehead atoms. The molecule has 0 radical (unpaired) electrons. The van der Waals surface area contributed by atoms with Gasteiger partial charge in [0.1, 0.15) is 0 Å². The van der Waals surface area contributed by atoms with Crippen molar-refractivity contribution in [2.45, 2.75) is 58.5 Å². The molecule has 3 atom stereocenters. The largest absolute Gasteiger partial charge is 0.389 e. The van der Waals surface area contributed by atoms with Gasteiger partial charge in [-0.2, -0.15) is 0 Å². The van der Waals surface area contributed by atoms with Crippen LogP contribution in [0.1, 0.15) is 52.9 Å². The average molecular weight is 182 g/mol. The van der Waals surface area contributed by atoms with Crippen molar-refractivity contribution in [3.05, 3.63) is 0 Å². The highest BCUT2D eigenvalue weighted by Gasteiger charge is 2.59.